The third-order valence-electron chi connectivity index (χ3n) is 4.44. The number of benzene rings is 2. The maximum atomic E-state index is 12.6. The molecule has 32 heavy (non-hydrogen) atoms. The molecule has 2 atom stereocenters. The van der Waals surface area contributed by atoms with Crippen molar-refractivity contribution in [3.8, 4) is 0 Å². The van der Waals surface area contributed by atoms with E-state index in [2.05, 4.69) is 53.1 Å². The molecule has 2 amide bonds. The van der Waals surface area contributed by atoms with Gasteiger partial charge in [-0.2, -0.15) is 0 Å². The van der Waals surface area contributed by atoms with Gasteiger partial charge in [0.15, 0.2) is 0 Å². The van der Waals surface area contributed by atoms with Crippen molar-refractivity contribution in [2.75, 3.05) is 10.6 Å². The van der Waals surface area contributed by atoms with Crippen LogP contribution in [0.4, 0.5) is 16.2 Å². The van der Waals surface area contributed by atoms with Crippen molar-refractivity contribution in [1.82, 2.24) is 10.6 Å². The van der Waals surface area contributed by atoms with Crippen LogP contribution < -0.4 is 21.3 Å². The van der Waals surface area contributed by atoms with E-state index in [9.17, 15) is 14.4 Å². The summed E-state index contributed by atoms with van der Waals surface area (Å²) in [6, 6.07) is 17.5. The largest absolute Gasteiger partial charge is 0.432 e. The number of hydrogen-bond acceptors (Lipinski definition) is 7. The fraction of sp³-hybridized carbons (Fsp3) is 0.0952. The van der Waals surface area contributed by atoms with Gasteiger partial charge in [-0.15, -0.1) is 0 Å². The van der Waals surface area contributed by atoms with E-state index >= 15 is 0 Å². The minimum absolute atomic E-state index is 0.160. The quantitative estimate of drug-likeness (QED) is 0.397. The van der Waals surface area contributed by atoms with Gasteiger partial charge < -0.3 is 20.1 Å². The van der Waals surface area contributed by atoms with E-state index in [-0.39, 0.29) is 8.96 Å². The molecule has 2 heterocycles. The van der Waals surface area contributed by atoms with Crippen molar-refractivity contribution in [2.45, 2.75) is 12.5 Å². The molecule has 4 N–H and O–H groups in total. The van der Waals surface area contributed by atoms with Crippen molar-refractivity contribution >= 4 is 61.2 Å². The molecule has 0 saturated heterocycles. The van der Waals surface area contributed by atoms with Crippen LogP contribution in [0.15, 0.2) is 81.0 Å². The summed E-state index contributed by atoms with van der Waals surface area (Å²) in [4.78, 5) is 36.7. The molecule has 2 aromatic rings. The molecule has 0 aromatic heterocycles. The van der Waals surface area contributed by atoms with E-state index < -0.39 is 30.4 Å². The van der Waals surface area contributed by atoms with Gasteiger partial charge in [0.1, 0.15) is 8.96 Å². The maximum Gasteiger partial charge on any atom is 0.349 e. The normalized spacial score (nSPS) is 20.1. The van der Waals surface area contributed by atoms with Crippen LogP contribution >= 0.6 is 31.9 Å². The SMILES string of the molecule is O=C(N[C@@H]1OC(=O)C(Br)=C1Nc1ccccc1)N[C@@H]1OC(=O)C(Br)=C1Nc1ccccc1. The average Bonchev–Trinajstić information content (AvgIpc) is 3.19. The molecular formula is C21H16Br2N4O5. The molecule has 164 valence electrons. The van der Waals surface area contributed by atoms with Gasteiger partial charge in [0.05, 0.1) is 11.4 Å². The summed E-state index contributed by atoms with van der Waals surface area (Å²) < 4.78 is 10.8. The number of nitrogens with one attached hydrogen (secondary N) is 4. The molecule has 0 unspecified atom stereocenters. The minimum Gasteiger partial charge on any atom is -0.432 e. The number of carbonyl (C=O) groups excluding carboxylic acids is 3. The number of urea groups is 1. The number of rotatable bonds is 6. The van der Waals surface area contributed by atoms with E-state index in [4.69, 9.17) is 9.47 Å². The van der Waals surface area contributed by atoms with Gasteiger partial charge in [-0.05, 0) is 56.1 Å². The summed E-state index contributed by atoms with van der Waals surface area (Å²) in [6.07, 6.45) is -2.15. The second kappa shape index (κ2) is 9.45. The Morgan fingerprint density at radius 3 is 1.44 bits per heavy atom. The van der Waals surface area contributed by atoms with Crippen LogP contribution in [0.3, 0.4) is 0 Å². The van der Waals surface area contributed by atoms with Crippen molar-refractivity contribution in [3.63, 3.8) is 0 Å². The molecule has 4 rings (SSSR count). The summed E-state index contributed by atoms with van der Waals surface area (Å²) in [5, 5.41) is 11.2. The average molecular weight is 564 g/mol. The number of esters is 2. The first-order chi connectivity index (χ1) is 15.4. The topological polar surface area (TPSA) is 118 Å². The van der Waals surface area contributed by atoms with Crippen LogP contribution in [-0.4, -0.2) is 30.4 Å². The lowest BCUT2D eigenvalue weighted by atomic mass is 10.3. The molecule has 0 bridgehead atoms. The van der Waals surface area contributed by atoms with E-state index in [0.29, 0.717) is 22.8 Å². The standard InChI is InChI=1S/C21H16Br2N4O5/c22-13-15(24-11-7-3-1-4-8-11)17(31-19(13)28)26-21(30)27-18-16(14(23)20(29)32-18)25-12-9-5-2-6-10-12/h1-10,17-18,24-25H,(H2,26,27,30)/t17-,18-/m1/s1. The smallest absolute Gasteiger partial charge is 0.349 e. The highest BCUT2D eigenvalue weighted by molar-refractivity contribution is 9.12. The predicted octanol–water partition coefficient (Wildman–Crippen LogP) is 3.49. The van der Waals surface area contributed by atoms with Crippen LogP contribution in [0.1, 0.15) is 0 Å². The lowest BCUT2D eigenvalue weighted by molar-refractivity contribution is -0.139. The number of para-hydroxylation sites is 2. The number of halogens is 2. The number of hydrogen-bond donors (Lipinski definition) is 4. The lowest BCUT2D eigenvalue weighted by Gasteiger charge is -2.21. The first kappa shape index (κ1) is 21.9. The molecule has 0 radical (unpaired) electrons. The van der Waals surface area contributed by atoms with Crippen LogP contribution in [0.5, 0.6) is 0 Å². The van der Waals surface area contributed by atoms with E-state index in [1.54, 1.807) is 24.3 Å². The lowest BCUT2D eigenvalue weighted by Crippen LogP contribution is -2.49. The van der Waals surface area contributed by atoms with E-state index in [0.717, 1.165) is 0 Å². The summed E-state index contributed by atoms with van der Waals surface area (Å²) in [7, 11) is 0. The first-order valence-electron chi connectivity index (χ1n) is 9.35. The number of ether oxygens (including phenoxy) is 2. The van der Waals surface area contributed by atoms with Crippen LogP contribution in [-0.2, 0) is 19.1 Å². The second-order valence-electron chi connectivity index (χ2n) is 6.63. The number of anilines is 2. The Labute approximate surface area is 199 Å². The Morgan fingerprint density at radius 2 is 1.06 bits per heavy atom. The highest BCUT2D eigenvalue weighted by Crippen LogP contribution is 2.29. The molecule has 0 saturated carbocycles. The van der Waals surface area contributed by atoms with Crippen molar-refractivity contribution in [2.24, 2.45) is 0 Å². The van der Waals surface area contributed by atoms with E-state index in [1.165, 1.54) is 0 Å². The third-order valence-corrected chi connectivity index (χ3v) is 5.94. The molecule has 0 aliphatic carbocycles. The molecular weight excluding hydrogens is 548 g/mol. The van der Waals surface area contributed by atoms with Gasteiger partial charge in [0.2, 0.25) is 12.5 Å². The molecule has 0 spiro atoms. The summed E-state index contributed by atoms with van der Waals surface area (Å²) in [5.41, 5.74) is 2.07. The Balaban J connectivity index is 1.44. The first-order valence-corrected chi connectivity index (χ1v) is 10.9. The third kappa shape index (κ3) is 4.78. The van der Waals surface area contributed by atoms with Gasteiger partial charge in [0, 0.05) is 11.4 Å². The number of carbonyl (C=O) groups is 3. The minimum atomic E-state index is -1.08. The predicted molar refractivity (Wildman–Crippen MR) is 123 cm³/mol. The van der Waals surface area contributed by atoms with Gasteiger partial charge in [-0.1, -0.05) is 36.4 Å². The van der Waals surface area contributed by atoms with Gasteiger partial charge >= 0.3 is 18.0 Å². The van der Waals surface area contributed by atoms with Crippen LogP contribution in [0.25, 0.3) is 0 Å². The molecule has 2 aromatic carbocycles. The van der Waals surface area contributed by atoms with Crippen molar-refractivity contribution in [3.05, 3.63) is 81.0 Å². The Morgan fingerprint density at radius 1 is 0.688 bits per heavy atom. The Kier molecular flexibility index (Phi) is 6.47. The van der Waals surface area contributed by atoms with Crippen molar-refractivity contribution < 1.29 is 23.9 Å². The Hall–Kier alpha value is -3.31. The molecule has 0 fully saturated rings. The van der Waals surface area contributed by atoms with Crippen LogP contribution in [0, 0.1) is 0 Å². The van der Waals surface area contributed by atoms with Gasteiger partial charge in [-0.3, -0.25) is 10.6 Å². The fourth-order valence-corrected chi connectivity index (χ4v) is 3.76. The zero-order valence-electron chi connectivity index (χ0n) is 16.2. The second-order valence-corrected chi connectivity index (χ2v) is 8.21. The number of amides is 2. The molecule has 9 nitrogen and oxygen atoms in total. The van der Waals surface area contributed by atoms with Gasteiger partial charge in [-0.25, -0.2) is 14.4 Å². The van der Waals surface area contributed by atoms with Crippen molar-refractivity contribution in [1.29, 1.82) is 0 Å². The summed E-state index contributed by atoms with van der Waals surface area (Å²) in [5.74, 6) is -1.26. The zero-order chi connectivity index (χ0) is 22.7. The molecule has 11 heteroatoms. The maximum absolute atomic E-state index is 12.6. The zero-order valence-corrected chi connectivity index (χ0v) is 19.4. The van der Waals surface area contributed by atoms with Gasteiger partial charge in [0.25, 0.3) is 0 Å². The molecule has 2 aliphatic heterocycles. The number of cyclic esters (lactones) is 2. The summed E-state index contributed by atoms with van der Waals surface area (Å²) in [6.45, 7) is 0. The Bertz CT molecular complexity index is 1030. The fourth-order valence-electron chi connectivity index (χ4n) is 2.96. The highest BCUT2D eigenvalue weighted by atomic mass is 79.9. The summed E-state index contributed by atoms with van der Waals surface area (Å²) >= 11 is 6.37. The van der Waals surface area contributed by atoms with Crippen LogP contribution in [0.2, 0.25) is 0 Å². The monoisotopic (exact) mass is 562 g/mol. The van der Waals surface area contributed by atoms with E-state index in [1.807, 2.05) is 36.4 Å². The molecule has 2 aliphatic rings. The highest BCUT2D eigenvalue weighted by Gasteiger charge is 2.37.